The fourth-order valence-corrected chi connectivity index (χ4v) is 2.74. The zero-order valence-corrected chi connectivity index (χ0v) is 11.6. The Bertz CT molecular complexity index is 589. The molecule has 106 valence electrons. The normalized spacial score (nSPS) is 15.7. The molecule has 0 saturated heterocycles. The summed E-state index contributed by atoms with van der Waals surface area (Å²) < 4.78 is 10.9. The van der Waals surface area contributed by atoms with E-state index in [2.05, 4.69) is 10.2 Å². The van der Waals surface area contributed by atoms with Gasteiger partial charge in [0.2, 0.25) is 11.8 Å². The second-order valence-corrected chi connectivity index (χ2v) is 5.27. The predicted octanol–water partition coefficient (Wildman–Crippen LogP) is 2.91. The van der Waals surface area contributed by atoms with Crippen molar-refractivity contribution in [2.75, 3.05) is 12.8 Å². The molecule has 0 atom stereocenters. The maximum absolute atomic E-state index is 5.90. The predicted molar refractivity (Wildman–Crippen MR) is 75.7 cm³/mol. The number of hydrogen-bond donors (Lipinski definition) is 1. The van der Waals surface area contributed by atoms with Crippen molar-refractivity contribution in [2.24, 2.45) is 0 Å². The SMILES string of the molecule is COc1ccc(Cc2nnc(C3CCCC3)o2)cc1N. The Morgan fingerprint density at radius 1 is 1.30 bits per heavy atom. The van der Waals surface area contributed by atoms with Crippen LogP contribution in [0, 0.1) is 0 Å². The van der Waals surface area contributed by atoms with Crippen LogP contribution in [0.25, 0.3) is 0 Å². The molecule has 1 heterocycles. The van der Waals surface area contributed by atoms with Gasteiger partial charge >= 0.3 is 0 Å². The molecule has 0 radical (unpaired) electrons. The van der Waals surface area contributed by atoms with Crippen molar-refractivity contribution in [3.05, 3.63) is 35.5 Å². The molecule has 1 aliphatic rings. The van der Waals surface area contributed by atoms with E-state index >= 15 is 0 Å². The van der Waals surface area contributed by atoms with Gasteiger partial charge in [-0.3, -0.25) is 0 Å². The van der Waals surface area contributed by atoms with Gasteiger partial charge in [-0.05, 0) is 30.5 Å². The standard InChI is InChI=1S/C15H19N3O2/c1-19-13-7-6-10(8-12(13)16)9-14-17-18-15(20-14)11-4-2-3-5-11/h6-8,11H,2-5,9,16H2,1H3. The number of anilines is 1. The lowest BCUT2D eigenvalue weighted by Crippen LogP contribution is -1.95. The van der Waals surface area contributed by atoms with E-state index in [-0.39, 0.29) is 0 Å². The summed E-state index contributed by atoms with van der Waals surface area (Å²) in [5.41, 5.74) is 7.57. The molecule has 1 saturated carbocycles. The van der Waals surface area contributed by atoms with Gasteiger partial charge in [0.25, 0.3) is 0 Å². The molecule has 2 aromatic rings. The molecule has 1 fully saturated rings. The van der Waals surface area contributed by atoms with Gasteiger partial charge in [-0.15, -0.1) is 10.2 Å². The van der Waals surface area contributed by atoms with E-state index in [1.54, 1.807) is 7.11 Å². The van der Waals surface area contributed by atoms with Crippen LogP contribution in [-0.4, -0.2) is 17.3 Å². The van der Waals surface area contributed by atoms with Crippen LogP contribution in [0.2, 0.25) is 0 Å². The Hall–Kier alpha value is -2.04. The maximum atomic E-state index is 5.90. The first-order valence-corrected chi connectivity index (χ1v) is 7.01. The minimum Gasteiger partial charge on any atom is -0.495 e. The first-order valence-electron chi connectivity index (χ1n) is 7.01. The van der Waals surface area contributed by atoms with Crippen LogP contribution >= 0.6 is 0 Å². The first kappa shape index (κ1) is 13.0. The molecule has 0 aliphatic heterocycles. The van der Waals surface area contributed by atoms with E-state index in [4.69, 9.17) is 14.9 Å². The highest BCUT2D eigenvalue weighted by Crippen LogP contribution is 2.33. The lowest BCUT2D eigenvalue weighted by molar-refractivity contribution is 0.416. The Morgan fingerprint density at radius 3 is 2.80 bits per heavy atom. The monoisotopic (exact) mass is 273 g/mol. The quantitative estimate of drug-likeness (QED) is 0.867. The summed E-state index contributed by atoms with van der Waals surface area (Å²) in [6.07, 6.45) is 5.46. The van der Waals surface area contributed by atoms with Crippen molar-refractivity contribution in [1.29, 1.82) is 0 Å². The summed E-state index contributed by atoms with van der Waals surface area (Å²) >= 11 is 0. The third-order valence-corrected chi connectivity index (χ3v) is 3.84. The van der Waals surface area contributed by atoms with E-state index in [1.165, 1.54) is 12.8 Å². The number of nitrogens with zero attached hydrogens (tertiary/aromatic N) is 2. The molecule has 20 heavy (non-hydrogen) atoms. The molecule has 5 heteroatoms. The molecule has 1 aliphatic carbocycles. The van der Waals surface area contributed by atoms with Crippen LogP contribution < -0.4 is 10.5 Å². The summed E-state index contributed by atoms with van der Waals surface area (Å²) in [6, 6.07) is 5.71. The highest BCUT2D eigenvalue weighted by molar-refractivity contribution is 5.54. The third kappa shape index (κ3) is 2.61. The Kier molecular flexibility index (Phi) is 3.58. The fraction of sp³-hybridized carbons (Fsp3) is 0.467. The van der Waals surface area contributed by atoms with Gasteiger partial charge in [-0.25, -0.2) is 0 Å². The minimum atomic E-state index is 0.456. The number of hydrogen-bond acceptors (Lipinski definition) is 5. The van der Waals surface area contributed by atoms with Gasteiger partial charge in [-0.2, -0.15) is 0 Å². The number of ether oxygens (including phenoxy) is 1. The molecule has 5 nitrogen and oxygen atoms in total. The molecule has 1 aromatic carbocycles. The van der Waals surface area contributed by atoms with E-state index in [0.29, 0.717) is 29.7 Å². The lowest BCUT2D eigenvalue weighted by Gasteiger charge is -2.05. The van der Waals surface area contributed by atoms with Crippen LogP contribution in [-0.2, 0) is 6.42 Å². The van der Waals surface area contributed by atoms with E-state index in [1.807, 2.05) is 18.2 Å². The number of rotatable bonds is 4. The first-order chi connectivity index (χ1) is 9.76. The van der Waals surface area contributed by atoms with Gasteiger partial charge in [0.1, 0.15) is 5.75 Å². The molecule has 1 aromatic heterocycles. The number of nitrogens with two attached hydrogens (primary N) is 1. The lowest BCUT2D eigenvalue weighted by atomic mass is 10.1. The summed E-state index contributed by atoms with van der Waals surface area (Å²) in [7, 11) is 1.61. The van der Waals surface area contributed by atoms with Crippen LogP contribution in [0.1, 0.15) is 48.9 Å². The summed E-state index contributed by atoms with van der Waals surface area (Å²) in [5, 5.41) is 8.32. The van der Waals surface area contributed by atoms with Crippen LogP contribution in [0.5, 0.6) is 5.75 Å². The van der Waals surface area contributed by atoms with Gasteiger partial charge in [-0.1, -0.05) is 18.9 Å². The average molecular weight is 273 g/mol. The molecule has 0 spiro atoms. The fourth-order valence-electron chi connectivity index (χ4n) is 2.74. The number of nitrogen functional groups attached to an aromatic ring is 1. The zero-order valence-electron chi connectivity index (χ0n) is 11.6. The minimum absolute atomic E-state index is 0.456. The smallest absolute Gasteiger partial charge is 0.220 e. The Balaban J connectivity index is 1.72. The van der Waals surface area contributed by atoms with Crippen LogP contribution in [0.15, 0.2) is 22.6 Å². The van der Waals surface area contributed by atoms with E-state index < -0.39 is 0 Å². The van der Waals surface area contributed by atoms with Crippen molar-refractivity contribution in [3.8, 4) is 5.75 Å². The summed E-state index contributed by atoms with van der Waals surface area (Å²) in [5.74, 6) is 2.58. The molecule has 2 N–H and O–H groups in total. The van der Waals surface area contributed by atoms with Crippen molar-refractivity contribution in [2.45, 2.75) is 38.0 Å². The maximum Gasteiger partial charge on any atom is 0.220 e. The van der Waals surface area contributed by atoms with Crippen molar-refractivity contribution < 1.29 is 9.15 Å². The average Bonchev–Trinajstić information content (AvgIpc) is 3.09. The summed E-state index contributed by atoms with van der Waals surface area (Å²) in [6.45, 7) is 0. The number of aromatic nitrogens is 2. The van der Waals surface area contributed by atoms with Crippen molar-refractivity contribution in [1.82, 2.24) is 10.2 Å². The second-order valence-electron chi connectivity index (χ2n) is 5.27. The van der Waals surface area contributed by atoms with E-state index in [9.17, 15) is 0 Å². The van der Waals surface area contributed by atoms with Gasteiger partial charge in [0.15, 0.2) is 0 Å². The molecule has 0 unspecified atom stereocenters. The van der Waals surface area contributed by atoms with E-state index in [0.717, 1.165) is 24.3 Å². The number of benzene rings is 1. The Morgan fingerprint density at radius 2 is 2.10 bits per heavy atom. The van der Waals surface area contributed by atoms with Gasteiger partial charge < -0.3 is 14.9 Å². The molecule has 0 bridgehead atoms. The van der Waals surface area contributed by atoms with Gasteiger partial charge in [0, 0.05) is 5.92 Å². The third-order valence-electron chi connectivity index (χ3n) is 3.84. The molecular weight excluding hydrogens is 254 g/mol. The largest absolute Gasteiger partial charge is 0.495 e. The van der Waals surface area contributed by atoms with Crippen molar-refractivity contribution in [3.63, 3.8) is 0 Å². The number of methoxy groups -OCH3 is 1. The highest BCUT2D eigenvalue weighted by atomic mass is 16.5. The Labute approximate surface area is 118 Å². The van der Waals surface area contributed by atoms with Crippen LogP contribution in [0.3, 0.4) is 0 Å². The zero-order chi connectivity index (χ0) is 13.9. The molecule has 3 rings (SSSR count). The topological polar surface area (TPSA) is 74.2 Å². The molecule has 0 amide bonds. The molecular formula is C15H19N3O2. The van der Waals surface area contributed by atoms with Crippen molar-refractivity contribution >= 4 is 5.69 Å². The summed E-state index contributed by atoms with van der Waals surface area (Å²) in [4.78, 5) is 0. The van der Waals surface area contributed by atoms with Gasteiger partial charge in [0.05, 0.1) is 19.2 Å². The highest BCUT2D eigenvalue weighted by Gasteiger charge is 2.22. The second kappa shape index (κ2) is 5.53. The van der Waals surface area contributed by atoms with Crippen LogP contribution in [0.4, 0.5) is 5.69 Å².